The highest BCUT2D eigenvalue weighted by Crippen LogP contribution is 2.29. The zero-order valence-corrected chi connectivity index (χ0v) is 13.3. The SMILES string of the molecule is CCNC(CN1CC(C)CC1C)(C(N)=O)c1ccccc1. The Morgan fingerprint density at radius 2 is 2.05 bits per heavy atom. The van der Waals surface area contributed by atoms with E-state index in [0.29, 0.717) is 25.0 Å². The Morgan fingerprint density at radius 1 is 1.38 bits per heavy atom. The molecule has 116 valence electrons. The lowest BCUT2D eigenvalue weighted by molar-refractivity contribution is -0.125. The summed E-state index contributed by atoms with van der Waals surface area (Å²) in [6.45, 7) is 8.86. The van der Waals surface area contributed by atoms with E-state index in [1.54, 1.807) is 0 Å². The average Bonchev–Trinajstić information content (AvgIpc) is 2.77. The van der Waals surface area contributed by atoms with E-state index in [1.165, 1.54) is 6.42 Å². The van der Waals surface area contributed by atoms with Gasteiger partial charge in [-0.2, -0.15) is 0 Å². The molecule has 1 aromatic rings. The molecule has 0 spiro atoms. The highest BCUT2D eigenvalue weighted by atomic mass is 16.1. The Bertz CT molecular complexity index is 476. The number of hydrogen-bond acceptors (Lipinski definition) is 3. The zero-order chi connectivity index (χ0) is 15.5. The number of nitrogens with two attached hydrogens (primary N) is 1. The third-order valence-corrected chi connectivity index (χ3v) is 4.52. The van der Waals surface area contributed by atoms with Crippen molar-refractivity contribution in [3.05, 3.63) is 35.9 Å². The van der Waals surface area contributed by atoms with Crippen LogP contribution in [0, 0.1) is 5.92 Å². The van der Waals surface area contributed by atoms with Gasteiger partial charge in [0.15, 0.2) is 0 Å². The van der Waals surface area contributed by atoms with Gasteiger partial charge < -0.3 is 5.73 Å². The van der Waals surface area contributed by atoms with Crippen molar-refractivity contribution < 1.29 is 4.79 Å². The van der Waals surface area contributed by atoms with E-state index in [0.717, 1.165) is 12.1 Å². The highest BCUT2D eigenvalue weighted by molar-refractivity contribution is 5.86. The van der Waals surface area contributed by atoms with Gasteiger partial charge in [0.05, 0.1) is 0 Å². The third kappa shape index (κ3) is 3.27. The molecule has 0 aromatic heterocycles. The van der Waals surface area contributed by atoms with Gasteiger partial charge in [-0.1, -0.05) is 44.2 Å². The Hall–Kier alpha value is -1.39. The number of amides is 1. The lowest BCUT2D eigenvalue weighted by Crippen LogP contribution is -2.59. The maximum Gasteiger partial charge on any atom is 0.243 e. The number of rotatable bonds is 6. The molecule has 1 heterocycles. The fourth-order valence-electron chi connectivity index (χ4n) is 3.49. The summed E-state index contributed by atoms with van der Waals surface area (Å²) < 4.78 is 0. The predicted molar refractivity (Wildman–Crippen MR) is 85.8 cm³/mol. The maximum atomic E-state index is 12.3. The summed E-state index contributed by atoms with van der Waals surface area (Å²) in [6.07, 6.45) is 1.18. The number of carbonyl (C=O) groups excluding carboxylic acids is 1. The lowest BCUT2D eigenvalue weighted by Gasteiger charge is -2.37. The average molecular weight is 289 g/mol. The molecular weight excluding hydrogens is 262 g/mol. The molecular formula is C17H27N3O. The molecule has 21 heavy (non-hydrogen) atoms. The van der Waals surface area contributed by atoms with Crippen LogP contribution in [0.15, 0.2) is 30.3 Å². The van der Waals surface area contributed by atoms with E-state index >= 15 is 0 Å². The number of nitrogens with one attached hydrogen (secondary N) is 1. The van der Waals surface area contributed by atoms with Crippen molar-refractivity contribution in [2.24, 2.45) is 11.7 Å². The molecule has 0 aliphatic carbocycles. The van der Waals surface area contributed by atoms with Gasteiger partial charge in [0.25, 0.3) is 0 Å². The summed E-state index contributed by atoms with van der Waals surface area (Å²) in [4.78, 5) is 14.7. The van der Waals surface area contributed by atoms with E-state index < -0.39 is 5.54 Å². The third-order valence-electron chi connectivity index (χ3n) is 4.52. The molecule has 3 unspecified atom stereocenters. The summed E-state index contributed by atoms with van der Waals surface area (Å²) in [7, 11) is 0. The quantitative estimate of drug-likeness (QED) is 0.838. The second kappa shape index (κ2) is 6.58. The molecule has 0 saturated carbocycles. The zero-order valence-electron chi connectivity index (χ0n) is 13.3. The normalized spacial score (nSPS) is 25.7. The second-order valence-electron chi connectivity index (χ2n) is 6.29. The first-order valence-electron chi connectivity index (χ1n) is 7.84. The molecule has 3 atom stereocenters. The molecule has 1 saturated heterocycles. The Morgan fingerprint density at radius 3 is 2.52 bits per heavy atom. The predicted octanol–water partition coefficient (Wildman–Crippen LogP) is 1.71. The fraction of sp³-hybridized carbons (Fsp3) is 0.588. The molecule has 1 aliphatic rings. The van der Waals surface area contributed by atoms with Crippen LogP contribution in [-0.4, -0.2) is 36.5 Å². The van der Waals surface area contributed by atoms with Crippen LogP contribution in [0.3, 0.4) is 0 Å². The van der Waals surface area contributed by atoms with Crippen molar-refractivity contribution in [1.82, 2.24) is 10.2 Å². The number of primary amides is 1. The van der Waals surface area contributed by atoms with Gasteiger partial charge in [0, 0.05) is 19.1 Å². The maximum absolute atomic E-state index is 12.3. The largest absolute Gasteiger partial charge is 0.368 e. The minimum absolute atomic E-state index is 0.303. The first-order valence-corrected chi connectivity index (χ1v) is 7.84. The minimum atomic E-state index is -0.811. The van der Waals surface area contributed by atoms with E-state index in [4.69, 9.17) is 5.73 Å². The first-order chi connectivity index (χ1) is 9.99. The summed E-state index contributed by atoms with van der Waals surface area (Å²) in [5, 5.41) is 3.36. The van der Waals surface area contributed by atoms with Gasteiger partial charge in [-0.05, 0) is 31.4 Å². The van der Waals surface area contributed by atoms with Crippen molar-refractivity contribution >= 4 is 5.91 Å². The van der Waals surface area contributed by atoms with Crippen LogP contribution in [0.5, 0.6) is 0 Å². The summed E-state index contributed by atoms with van der Waals surface area (Å²) in [5.41, 5.74) is 5.96. The van der Waals surface area contributed by atoms with Crippen molar-refractivity contribution in [1.29, 1.82) is 0 Å². The van der Waals surface area contributed by atoms with E-state index in [-0.39, 0.29) is 5.91 Å². The molecule has 1 amide bonds. The monoisotopic (exact) mass is 289 g/mol. The van der Waals surface area contributed by atoms with Crippen LogP contribution < -0.4 is 11.1 Å². The number of benzene rings is 1. The van der Waals surface area contributed by atoms with Crippen molar-refractivity contribution in [2.45, 2.75) is 38.8 Å². The number of hydrogen-bond donors (Lipinski definition) is 2. The minimum Gasteiger partial charge on any atom is -0.368 e. The lowest BCUT2D eigenvalue weighted by atomic mass is 9.88. The standard InChI is InChI=1S/C17H27N3O/c1-4-19-17(16(18)21,15-8-6-5-7-9-15)12-20-11-13(2)10-14(20)3/h5-9,13-14,19H,4,10-12H2,1-3H3,(H2,18,21). The topological polar surface area (TPSA) is 58.4 Å². The molecule has 1 fully saturated rings. The number of carbonyl (C=O) groups is 1. The number of likely N-dealkylation sites (N-methyl/N-ethyl adjacent to an activating group) is 1. The van der Waals surface area contributed by atoms with Crippen LogP contribution in [-0.2, 0) is 10.3 Å². The van der Waals surface area contributed by atoms with Gasteiger partial charge in [0.1, 0.15) is 5.54 Å². The van der Waals surface area contributed by atoms with E-state index in [2.05, 4.69) is 24.1 Å². The van der Waals surface area contributed by atoms with Gasteiger partial charge in [-0.15, -0.1) is 0 Å². The molecule has 4 heteroatoms. The first kappa shape index (κ1) is 16.0. The second-order valence-corrected chi connectivity index (χ2v) is 6.29. The fourth-order valence-corrected chi connectivity index (χ4v) is 3.49. The Labute approximate surface area is 127 Å². The number of likely N-dealkylation sites (tertiary alicyclic amines) is 1. The van der Waals surface area contributed by atoms with Crippen molar-refractivity contribution in [2.75, 3.05) is 19.6 Å². The van der Waals surface area contributed by atoms with Gasteiger partial charge in [-0.3, -0.25) is 15.0 Å². The van der Waals surface area contributed by atoms with Crippen LogP contribution in [0.2, 0.25) is 0 Å². The number of nitrogens with zero attached hydrogens (tertiary/aromatic N) is 1. The Balaban J connectivity index is 2.34. The molecule has 3 N–H and O–H groups in total. The van der Waals surface area contributed by atoms with Crippen LogP contribution in [0.4, 0.5) is 0 Å². The van der Waals surface area contributed by atoms with E-state index in [9.17, 15) is 4.79 Å². The molecule has 1 aromatic carbocycles. The summed E-state index contributed by atoms with van der Waals surface area (Å²) in [6, 6.07) is 10.3. The molecule has 0 bridgehead atoms. The molecule has 4 nitrogen and oxygen atoms in total. The summed E-state index contributed by atoms with van der Waals surface area (Å²) >= 11 is 0. The summed E-state index contributed by atoms with van der Waals surface area (Å²) in [5.74, 6) is 0.366. The molecule has 1 aliphatic heterocycles. The molecule has 2 rings (SSSR count). The molecule has 0 radical (unpaired) electrons. The van der Waals surface area contributed by atoms with Crippen LogP contribution in [0.25, 0.3) is 0 Å². The van der Waals surface area contributed by atoms with Crippen LogP contribution in [0.1, 0.15) is 32.8 Å². The smallest absolute Gasteiger partial charge is 0.243 e. The Kier molecular flexibility index (Phi) is 5.01. The van der Waals surface area contributed by atoms with Gasteiger partial charge in [0.2, 0.25) is 5.91 Å². The highest BCUT2D eigenvalue weighted by Gasteiger charge is 2.42. The van der Waals surface area contributed by atoms with Gasteiger partial charge >= 0.3 is 0 Å². The van der Waals surface area contributed by atoms with Crippen molar-refractivity contribution in [3.63, 3.8) is 0 Å². The van der Waals surface area contributed by atoms with Crippen LogP contribution >= 0.6 is 0 Å². The van der Waals surface area contributed by atoms with Gasteiger partial charge in [-0.25, -0.2) is 0 Å². The van der Waals surface area contributed by atoms with Crippen molar-refractivity contribution in [3.8, 4) is 0 Å². The van der Waals surface area contributed by atoms with E-state index in [1.807, 2.05) is 37.3 Å².